The molecule has 172 valence electrons. The number of fused-ring (bicyclic) bond motifs is 5. The lowest BCUT2D eigenvalue weighted by Gasteiger charge is -2.46. The fraction of sp³-hybridized carbons (Fsp3) is 0.750. The monoisotopic (exact) mass is 434 g/mol. The number of rotatable bonds is 3. The van der Waals surface area contributed by atoms with Crippen LogP contribution in [0.1, 0.15) is 54.4 Å². The van der Waals surface area contributed by atoms with Crippen LogP contribution < -0.4 is 0 Å². The molecule has 3 heterocycles. The van der Waals surface area contributed by atoms with Crippen LogP contribution in [-0.2, 0) is 28.5 Å². The van der Waals surface area contributed by atoms with Crippen molar-refractivity contribution in [1.29, 1.82) is 0 Å². The molecule has 0 aromatic rings. The summed E-state index contributed by atoms with van der Waals surface area (Å²) in [5, 5.41) is 11.8. The molecule has 0 aromatic carbocycles. The maximum atomic E-state index is 11.9. The maximum Gasteiger partial charge on any atom is 0.303 e. The van der Waals surface area contributed by atoms with Gasteiger partial charge in [0.1, 0.15) is 17.8 Å². The van der Waals surface area contributed by atoms with Crippen LogP contribution in [0.15, 0.2) is 23.3 Å². The van der Waals surface area contributed by atoms with Crippen LogP contribution in [0.2, 0.25) is 0 Å². The smallest absolute Gasteiger partial charge is 0.303 e. The molecular weight excluding hydrogens is 400 g/mol. The van der Waals surface area contributed by atoms with Crippen molar-refractivity contribution in [2.24, 2.45) is 17.8 Å². The minimum Gasteiger partial charge on any atom is -0.459 e. The summed E-state index contributed by atoms with van der Waals surface area (Å²) in [6.45, 7) is 11.1. The Hall–Kier alpha value is -1.70. The number of aliphatic hydroxyl groups is 1. The molecule has 31 heavy (non-hydrogen) atoms. The Morgan fingerprint density at radius 1 is 1.16 bits per heavy atom. The first-order valence-corrected chi connectivity index (χ1v) is 11.1. The molecule has 0 spiro atoms. The van der Waals surface area contributed by atoms with Gasteiger partial charge >= 0.3 is 11.9 Å². The Morgan fingerprint density at radius 2 is 1.81 bits per heavy atom. The Morgan fingerprint density at radius 3 is 2.39 bits per heavy atom. The van der Waals surface area contributed by atoms with E-state index in [1.807, 2.05) is 32.9 Å². The second-order valence-corrected chi connectivity index (χ2v) is 10.1. The number of hydrogen-bond donors (Lipinski definition) is 1. The van der Waals surface area contributed by atoms with E-state index in [-0.39, 0.29) is 29.8 Å². The van der Waals surface area contributed by atoms with Crippen LogP contribution in [-0.4, -0.2) is 59.3 Å². The highest BCUT2D eigenvalue weighted by molar-refractivity contribution is 5.67. The van der Waals surface area contributed by atoms with Crippen molar-refractivity contribution in [3.63, 3.8) is 0 Å². The highest BCUT2D eigenvalue weighted by Crippen LogP contribution is 2.57. The number of esters is 2. The van der Waals surface area contributed by atoms with Crippen molar-refractivity contribution in [2.75, 3.05) is 6.61 Å². The molecular formula is C24H34O7. The highest BCUT2D eigenvalue weighted by atomic mass is 16.6. The highest BCUT2D eigenvalue weighted by Gasteiger charge is 2.66. The first-order valence-electron chi connectivity index (χ1n) is 11.1. The first-order chi connectivity index (χ1) is 14.4. The number of hydrogen-bond acceptors (Lipinski definition) is 7. The summed E-state index contributed by atoms with van der Waals surface area (Å²) in [6, 6.07) is 0. The zero-order chi connectivity index (χ0) is 22.7. The fourth-order valence-corrected chi connectivity index (χ4v) is 6.06. The second-order valence-electron chi connectivity index (χ2n) is 10.1. The Balaban J connectivity index is 1.82. The molecule has 4 aliphatic rings. The van der Waals surface area contributed by atoms with E-state index in [2.05, 4.69) is 0 Å². The molecule has 2 bridgehead atoms. The van der Waals surface area contributed by atoms with E-state index in [1.54, 1.807) is 6.92 Å². The van der Waals surface area contributed by atoms with E-state index in [0.29, 0.717) is 13.0 Å². The standard InChI is InChI=1S/C24H34O7/c1-12-7-8-18(30-15(4)26)24(6,27)22-20-19(16(9-12)31-22)13(2)10-17(29-14(3)25)21(20)23(5)11-28-23/h7,10,16-22,27H,8-9,11H2,1-6H3/b12-7+/t16-,17-,18+,19-,20+,21+,22-,23+,24-/m1/s1. The van der Waals surface area contributed by atoms with Crippen LogP contribution in [0.5, 0.6) is 0 Å². The topological polar surface area (TPSA) is 94.6 Å². The van der Waals surface area contributed by atoms with Gasteiger partial charge in [-0.15, -0.1) is 0 Å². The van der Waals surface area contributed by atoms with Gasteiger partial charge in [-0.25, -0.2) is 0 Å². The number of carbonyl (C=O) groups excluding carboxylic acids is 2. The normalized spacial score (nSPS) is 48.2. The second kappa shape index (κ2) is 7.71. The average Bonchev–Trinajstić information content (AvgIpc) is 3.25. The van der Waals surface area contributed by atoms with Crippen LogP contribution in [0, 0.1) is 17.8 Å². The zero-order valence-electron chi connectivity index (χ0n) is 19.2. The van der Waals surface area contributed by atoms with E-state index in [4.69, 9.17) is 18.9 Å². The van der Waals surface area contributed by atoms with Crippen LogP contribution >= 0.6 is 0 Å². The lowest BCUT2D eigenvalue weighted by Crippen LogP contribution is -2.58. The molecule has 0 saturated carbocycles. The molecule has 7 nitrogen and oxygen atoms in total. The fourth-order valence-electron chi connectivity index (χ4n) is 6.06. The minimum atomic E-state index is -1.42. The Kier molecular flexibility index (Phi) is 5.59. The van der Waals surface area contributed by atoms with E-state index in [1.165, 1.54) is 13.8 Å². The molecule has 9 atom stereocenters. The van der Waals surface area contributed by atoms with Gasteiger partial charge in [0.15, 0.2) is 0 Å². The molecule has 2 fully saturated rings. The van der Waals surface area contributed by atoms with Gasteiger partial charge < -0.3 is 24.1 Å². The number of epoxide rings is 1. The molecule has 3 aliphatic heterocycles. The molecule has 2 saturated heterocycles. The van der Waals surface area contributed by atoms with Crippen molar-refractivity contribution in [2.45, 2.75) is 90.0 Å². The average molecular weight is 435 g/mol. The minimum absolute atomic E-state index is 0.0498. The summed E-state index contributed by atoms with van der Waals surface area (Å²) in [5.74, 6) is -1.06. The van der Waals surface area contributed by atoms with Crippen molar-refractivity contribution in [1.82, 2.24) is 0 Å². The van der Waals surface area contributed by atoms with E-state index in [9.17, 15) is 14.7 Å². The molecule has 1 aliphatic carbocycles. The predicted octanol–water partition coefficient (Wildman–Crippen LogP) is 2.71. The van der Waals surface area contributed by atoms with Crippen molar-refractivity contribution < 1.29 is 33.6 Å². The summed E-state index contributed by atoms with van der Waals surface area (Å²) in [5.41, 5.74) is 0.350. The van der Waals surface area contributed by atoms with Gasteiger partial charge in [0.2, 0.25) is 0 Å². The van der Waals surface area contributed by atoms with Crippen molar-refractivity contribution >= 4 is 11.9 Å². The molecule has 1 N–H and O–H groups in total. The van der Waals surface area contributed by atoms with Crippen LogP contribution in [0.3, 0.4) is 0 Å². The zero-order valence-corrected chi connectivity index (χ0v) is 19.2. The lowest BCUT2D eigenvalue weighted by molar-refractivity contribution is -0.191. The third-order valence-electron chi connectivity index (χ3n) is 7.55. The van der Waals surface area contributed by atoms with Crippen molar-refractivity contribution in [3.05, 3.63) is 23.3 Å². The number of ether oxygens (including phenoxy) is 4. The molecule has 0 radical (unpaired) electrons. The van der Waals surface area contributed by atoms with Gasteiger partial charge in [-0.1, -0.05) is 17.2 Å². The molecule has 0 amide bonds. The van der Waals surface area contributed by atoms with E-state index < -0.39 is 35.5 Å². The predicted molar refractivity (Wildman–Crippen MR) is 112 cm³/mol. The summed E-state index contributed by atoms with van der Waals surface area (Å²) in [6.07, 6.45) is 3.30. The van der Waals surface area contributed by atoms with Crippen LogP contribution in [0.25, 0.3) is 0 Å². The SMILES string of the molecule is CC(=O)O[C@H]1C/C=C(\C)C[C@H]2O[C@H]([C@H]3[C@@H]2C(C)=C[C@@H](OC(C)=O)[C@@H]3[C@]2(C)CO2)[C@]1(C)O. The van der Waals surface area contributed by atoms with Gasteiger partial charge in [-0.05, 0) is 40.2 Å². The van der Waals surface area contributed by atoms with E-state index >= 15 is 0 Å². The van der Waals surface area contributed by atoms with Crippen molar-refractivity contribution in [3.8, 4) is 0 Å². The summed E-state index contributed by atoms with van der Waals surface area (Å²) >= 11 is 0. The largest absolute Gasteiger partial charge is 0.459 e. The molecule has 0 unspecified atom stereocenters. The van der Waals surface area contributed by atoms with Gasteiger partial charge in [-0.2, -0.15) is 0 Å². The first kappa shape index (κ1) is 22.5. The quantitative estimate of drug-likeness (QED) is 0.415. The van der Waals surface area contributed by atoms with E-state index in [0.717, 1.165) is 17.6 Å². The van der Waals surface area contributed by atoms with Gasteiger partial charge in [0.05, 0.1) is 24.4 Å². The summed E-state index contributed by atoms with van der Waals surface area (Å²) in [4.78, 5) is 23.7. The maximum absolute atomic E-state index is 11.9. The van der Waals surface area contributed by atoms with Gasteiger partial charge in [-0.3, -0.25) is 9.59 Å². The van der Waals surface area contributed by atoms with Gasteiger partial charge in [0.25, 0.3) is 0 Å². The summed E-state index contributed by atoms with van der Waals surface area (Å²) < 4.78 is 23.8. The van der Waals surface area contributed by atoms with Gasteiger partial charge in [0, 0.05) is 38.0 Å². The number of carbonyl (C=O) groups is 2. The molecule has 0 aromatic heterocycles. The third kappa shape index (κ3) is 3.96. The summed E-state index contributed by atoms with van der Waals surface area (Å²) in [7, 11) is 0. The Bertz CT molecular complexity index is 822. The van der Waals surface area contributed by atoms with Crippen LogP contribution in [0.4, 0.5) is 0 Å². The third-order valence-corrected chi connectivity index (χ3v) is 7.55. The Labute approximate surface area is 183 Å². The molecule has 4 rings (SSSR count). The molecule has 7 heteroatoms. The lowest BCUT2D eigenvalue weighted by atomic mass is 9.61.